The predicted molar refractivity (Wildman–Crippen MR) is 96.4 cm³/mol. The average Bonchev–Trinajstić information content (AvgIpc) is 2.67. The van der Waals surface area contributed by atoms with Crippen molar-refractivity contribution in [1.82, 2.24) is 4.90 Å². The molecule has 130 valence electrons. The number of ether oxygens (including phenoxy) is 2. The normalized spacial score (nSPS) is 22.9. The molecular weight excluding hydrogens is 314 g/mol. The first-order valence-corrected chi connectivity index (χ1v) is 8.77. The highest BCUT2D eigenvalue weighted by atomic mass is 16.5. The third-order valence-electron chi connectivity index (χ3n) is 5.52. The van der Waals surface area contributed by atoms with Crippen molar-refractivity contribution >= 4 is 5.78 Å². The van der Waals surface area contributed by atoms with Gasteiger partial charge in [-0.05, 0) is 35.2 Å². The summed E-state index contributed by atoms with van der Waals surface area (Å²) in [5.74, 6) is 1.81. The topological polar surface area (TPSA) is 38.8 Å². The summed E-state index contributed by atoms with van der Waals surface area (Å²) < 4.78 is 10.9. The maximum absolute atomic E-state index is 12.9. The largest absolute Gasteiger partial charge is 0.493 e. The quantitative estimate of drug-likeness (QED) is 0.861. The van der Waals surface area contributed by atoms with E-state index in [0.717, 1.165) is 36.6 Å². The Balaban J connectivity index is 1.66. The molecule has 0 N–H and O–H groups in total. The number of hydrogen-bond donors (Lipinski definition) is 0. The minimum Gasteiger partial charge on any atom is -0.493 e. The highest BCUT2D eigenvalue weighted by molar-refractivity contribution is 5.87. The van der Waals surface area contributed by atoms with Crippen molar-refractivity contribution in [2.24, 2.45) is 0 Å². The van der Waals surface area contributed by atoms with Crippen molar-refractivity contribution in [2.45, 2.75) is 24.8 Å². The van der Waals surface area contributed by atoms with Crippen LogP contribution in [-0.4, -0.2) is 38.0 Å². The Morgan fingerprint density at radius 2 is 1.76 bits per heavy atom. The highest BCUT2D eigenvalue weighted by Gasteiger charge is 2.39. The fourth-order valence-electron chi connectivity index (χ4n) is 4.18. The van der Waals surface area contributed by atoms with Crippen molar-refractivity contribution in [3.8, 4) is 11.5 Å². The van der Waals surface area contributed by atoms with Gasteiger partial charge in [-0.2, -0.15) is 0 Å². The number of rotatable bonds is 3. The first kappa shape index (κ1) is 16.2. The van der Waals surface area contributed by atoms with E-state index in [1.54, 1.807) is 14.2 Å². The van der Waals surface area contributed by atoms with Gasteiger partial charge in [-0.25, -0.2) is 0 Å². The second-order valence-electron chi connectivity index (χ2n) is 6.80. The summed E-state index contributed by atoms with van der Waals surface area (Å²) in [4.78, 5) is 15.3. The summed E-state index contributed by atoms with van der Waals surface area (Å²) in [5.41, 5.74) is 3.61. The number of fused-ring (bicyclic) bond motifs is 3. The van der Waals surface area contributed by atoms with E-state index >= 15 is 0 Å². The third-order valence-corrected chi connectivity index (χ3v) is 5.52. The second-order valence-corrected chi connectivity index (χ2v) is 6.80. The third kappa shape index (κ3) is 2.81. The molecule has 4 rings (SSSR count). The lowest BCUT2D eigenvalue weighted by molar-refractivity contribution is -0.125. The zero-order valence-corrected chi connectivity index (χ0v) is 14.7. The molecule has 2 aliphatic heterocycles. The molecule has 0 amide bonds. The van der Waals surface area contributed by atoms with E-state index in [4.69, 9.17) is 9.47 Å². The number of ketones is 1. The van der Waals surface area contributed by atoms with E-state index in [1.807, 2.05) is 18.2 Å². The molecule has 4 nitrogen and oxygen atoms in total. The van der Waals surface area contributed by atoms with Crippen LogP contribution in [0, 0.1) is 0 Å². The Bertz CT molecular complexity index is 787. The number of piperidine rings is 1. The van der Waals surface area contributed by atoms with Crippen molar-refractivity contribution in [3.05, 3.63) is 59.2 Å². The van der Waals surface area contributed by atoms with E-state index < -0.39 is 0 Å². The molecule has 0 saturated carbocycles. The monoisotopic (exact) mass is 337 g/mol. The van der Waals surface area contributed by atoms with Crippen LogP contribution in [-0.2, 0) is 11.2 Å². The molecule has 0 aromatic heterocycles. The van der Waals surface area contributed by atoms with Crippen LogP contribution in [0.4, 0.5) is 0 Å². The molecule has 4 heteroatoms. The zero-order chi connectivity index (χ0) is 17.4. The van der Waals surface area contributed by atoms with Gasteiger partial charge in [0.15, 0.2) is 11.5 Å². The molecule has 2 aromatic rings. The van der Waals surface area contributed by atoms with Gasteiger partial charge in [-0.15, -0.1) is 0 Å². The summed E-state index contributed by atoms with van der Waals surface area (Å²) >= 11 is 0. The van der Waals surface area contributed by atoms with Crippen LogP contribution >= 0.6 is 0 Å². The minimum absolute atomic E-state index is 0.0147. The standard InChI is InChI=1S/C21H23NO3/c1-24-20-10-15-8-9-22-13-17(14-6-4-3-5-7-14)19(23)12-18(22)16(15)11-21(20)25-2/h3-7,10-11,17-18H,8-9,12-13H2,1-2H3. The van der Waals surface area contributed by atoms with Gasteiger partial charge < -0.3 is 9.47 Å². The maximum Gasteiger partial charge on any atom is 0.161 e. The Kier molecular flexibility index (Phi) is 4.22. The van der Waals surface area contributed by atoms with Crippen molar-refractivity contribution in [1.29, 1.82) is 0 Å². The summed E-state index contributed by atoms with van der Waals surface area (Å²) in [7, 11) is 3.32. The Hall–Kier alpha value is -2.33. The van der Waals surface area contributed by atoms with Gasteiger partial charge in [-0.3, -0.25) is 9.69 Å². The number of benzene rings is 2. The number of Topliss-reactive ketones (excluding diaryl/α,β-unsaturated/α-hetero) is 1. The Morgan fingerprint density at radius 1 is 1.04 bits per heavy atom. The Labute approximate surface area is 148 Å². The van der Waals surface area contributed by atoms with Crippen molar-refractivity contribution < 1.29 is 14.3 Å². The molecule has 25 heavy (non-hydrogen) atoms. The van der Waals surface area contributed by atoms with E-state index in [2.05, 4.69) is 29.2 Å². The Morgan fingerprint density at radius 3 is 2.48 bits per heavy atom. The van der Waals surface area contributed by atoms with Crippen LogP contribution < -0.4 is 9.47 Å². The van der Waals surface area contributed by atoms with Crippen LogP contribution in [0.25, 0.3) is 0 Å². The van der Waals surface area contributed by atoms with Crippen molar-refractivity contribution in [2.75, 3.05) is 27.3 Å². The molecule has 0 aliphatic carbocycles. The number of nitrogens with zero attached hydrogens (tertiary/aromatic N) is 1. The van der Waals surface area contributed by atoms with Gasteiger partial charge in [0, 0.05) is 25.6 Å². The van der Waals surface area contributed by atoms with Crippen LogP contribution in [0.3, 0.4) is 0 Å². The van der Waals surface area contributed by atoms with Crippen molar-refractivity contribution in [3.63, 3.8) is 0 Å². The summed E-state index contributed by atoms with van der Waals surface area (Å²) in [6.45, 7) is 1.77. The van der Waals surface area contributed by atoms with Gasteiger partial charge in [0.25, 0.3) is 0 Å². The lowest BCUT2D eigenvalue weighted by Crippen LogP contribution is -2.45. The SMILES string of the molecule is COc1cc2c(cc1OC)C1CC(=O)C(c3ccccc3)CN1CC2. The summed E-state index contributed by atoms with van der Waals surface area (Å²) in [5, 5.41) is 0. The van der Waals surface area contributed by atoms with Crippen LogP contribution in [0.5, 0.6) is 11.5 Å². The van der Waals surface area contributed by atoms with E-state index in [1.165, 1.54) is 11.1 Å². The predicted octanol–water partition coefficient (Wildman–Crippen LogP) is 3.36. The first-order valence-electron chi connectivity index (χ1n) is 8.77. The number of carbonyl (C=O) groups excluding carboxylic acids is 1. The first-order chi connectivity index (χ1) is 12.2. The fraction of sp³-hybridized carbons (Fsp3) is 0.381. The lowest BCUT2D eigenvalue weighted by atomic mass is 9.80. The smallest absolute Gasteiger partial charge is 0.161 e. The molecule has 1 saturated heterocycles. The number of hydrogen-bond acceptors (Lipinski definition) is 4. The molecule has 2 aromatic carbocycles. The van der Waals surface area contributed by atoms with E-state index in [9.17, 15) is 4.79 Å². The molecule has 2 heterocycles. The molecule has 2 unspecified atom stereocenters. The van der Waals surface area contributed by atoms with E-state index in [0.29, 0.717) is 12.2 Å². The molecule has 0 radical (unpaired) electrons. The van der Waals surface area contributed by atoms with Crippen LogP contribution in [0.1, 0.15) is 35.1 Å². The summed E-state index contributed by atoms with van der Waals surface area (Å²) in [6, 6.07) is 14.4. The molecular formula is C21H23NO3. The average molecular weight is 337 g/mol. The van der Waals surface area contributed by atoms with Gasteiger partial charge in [-0.1, -0.05) is 30.3 Å². The van der Waals surface area contributed by atoms with Gasteiger partial charge in [0.1, 0.15) is 5.78 Å². The summed E-state index contributed by atoms with van der Waals surface area (Å²) in [6.07, 6.45) is 1.53. The van der Waals surface area contributed by atoms with E-state index in [-0.39, 0.29) is 12.0 Å². The number of carbonyl (C=O) groups is 1. The van der Waals surface area contributed by atoms with Gasteiger partial charge >= 0.3 is 0 Å². The van der Waals surface area contributed by atoms with Crippen LogP contribution in [0.2, 0.25) is 0 Å². The van der Waals surface area contributed by atoms with Gasteiger partial charge in [0.2, 0.25) is 0 Å². The lowest BCUT2D eigenvalue weighted by Gasteiger charge is -2.43. The zero-order valence-electron chi connectivity index (χ0n) is 14.7. The fourth-order valence-corrected chi connectivity index (χ4v) is 4.18. The van der Waals surface area contributed by atoms with Crippen LogP contribution in [0.15, 0.2) is 42.5 Å². The molecule has 2 atom stereocenters. The molecule has 1 fully saturated rings. The molecule has 0 spiro atoms. The maximum atomic E-state index is 12.9. The van der Waals surface area contributed by atoms with Gasteiger partial charge in [0.05, 0.1) is 20.1 Å². The molecule has 0 bridgehead atoms. The minimum atomic E-state index is -0.0147. The number of methoxy groups -OCH3 is 2. The highest BCUT2D eigenvalue weighted by Crippen LogP contribution is 2.43. The second kappa shape index (κ2) is 6.52. The molecule has 2 aliphatic rings.